The molecular weight excluding hydrogens is 212 g/mol. The first-order valence-electron chi connectivity index (χ1n) is 5.08. The van der Waals surface area contributed by atoms with E-state index in [0.717, 1.165) is 12.8 Å². The van der Waals surface area contributed by atoms with Gasteiger partial charge in [0.05, 0.1) is 6.04 Å². The van der Waals surface area contributed by atoms with E-state index in [1.54, 1.807) is 0 Å². The fourth-order valence-corrected chi connectivity index (χ4v) is 2.57. The van der Waals surface area contributed by atoms with E-state index >= 15 is 0 Å². The van der Waals surface area contributed by atoms with Crippen LogP contribution in [0.5, 0.6) is 0 Å². The van der Waals surface area contributed by atoms with Crippen LogP contribution in [0.2, 0.25) is 0 Å². The van der Waals surface area contributed by atoms with Gasteiger partial charge in [-0.2, -0.15) is 0 Å². The van der Waals surface area contributed by atoms with Gasteiger partial charge in [-0.1, -0.05) is 0 Å². The number of guanidine groups is 1. The topological polar surface area (TPSA) is 76.4 Å². The van der Waals surface area contributed by atoms with Crippen LogP contribution >= 0.6 is 12.4 Å². The van der Waals surface area contributed by atoms with Crippen molar-refractivity contribution in [3.05, 3.63) is 0 Å². The fraction of sp³-hybridized carbons (Fsp3) is 0.900. The van der Waals surface area contributed by atoms with Gasteiger partial charge in [-0.25, -0.2) is 0 Å². The van der Waals surface area contributed by atoms with Crippen LogP contribution in [0.1, 0.15) is 40.5 Å². The summed E-state index contributed by atoms with van der Waals surface area (Å²) in [6.07, 6.45) is 1.96. The molecule has 15 heavy (non-hydrogen) atoms. The third kappa shape index (κ3) is 4.71. The lowest BCUT2D eigenvalue weighted by molar-refractivity contribution is 0.164. The molecule has 90 valence electrons. The molecule has 1 aliphatic rings. The van der Waals surface area contributed by atoms with Crippen molar-refractivity contribution in [3.8, 4) is 0 Å². The maximum atomic E-state index is 5.41. The SMILES string of the molecule is CC1(C)CC(N=C(N)N)CC(C)(C)N1.Cl. The van der Waals surface area contributed by atoms with Gasteiger partial charge < -0.3 is 16.8 Å². The van der Waals surface area contributed by atoms with Crippen LogP contribution in [-0.4, -0.2) is 23.1 Å². The molecule has 0 saturated carbocycles. The number of nitrogens with two attached hydrogens (primary N) is 2. The van der Waals surface area contributed by atoms with Crippen molar-refractivity contribution in [1.82, 2.24) is 5.32 Å². The van der Waals surface area contributed by atoms with Gasteiger partial charge in [0.15, 0.2) is 5.96 Å². The number of rotatable bonds is 1. The van der Waals surface area contributed by atoms with E-state index in [1.807, 2.05) is 0 Å². The molecule has 1 aliphatic heterocycles. The molecule has 0 amide bonds. The summed E-state index contributed by atoms with van der Waals surface area (Å²) in [6, 6.07) is 0.242. The van der Waals surface area contributed by atoms with Gasteiger partial charge >= 0.3 is 0 Å². The minimum Gasteiger partial charge on any atom is -0.370 e. The van der Waals surface area contributed by atoms with E-state index in [0.29, 0.717) is 0 Å². The Morgan fingerprint density at radius 1 is 1.13 bits per heavy atom. The van der Waals surface area contributed by atoms with Crippen LogP contribution in [0.25, 0.3) is 0 Å². The van der Waals surface area contributed by atoms with Gasteiger partial charge in [-0.15, -0.1) is 12.4 Å². The lowest BCUT2D eigenvalue weighted by Gasteiger charge is -2.45. The second kappa shape index (κ2) is 4.58. The molecule has 0 unspecified atom stereocenters. The van der Waals surface area contributed by atoms with E-state index in [2.05, 4.69) is 38.0 Å². The molecule has 1 rings (SSSR count). The molecule has 0 spiro atoms. The summed E-state index contributed by atoms with van der Waals surface area (Å²) in [5.41, 5.74) is 11.0. The van der Waals surface area contributed by atoms with Gasteiger partial charge in [0.2, 0.25) is 0 Å². The highest BCUT2D eigenvalue weighted by Crippen LogP contribution is 2.30. The third-order valence-electron chi connectivity index (χ3n) is 2.50. The molecule has 0 atom stereocenters. The van der Waals surface area contributed by atoms with Crippen LogP contribution < -0.4 is 16.8 Å². The summed E-state index contributed by atoms with van der Waals surface area (Å²) >= 11 is 0. The maximum Gasteiger partial charge on any atom is 0.186 e. The van der Waals surface area contributed by atoms with E-state index in [4.69, 9.17) is 11.5 Å². The molecule has 0 aromatic carbocycles. The average molecular weight is 235 g/mol. The molecule has 0 aliphatic carbocycles. The number of hydrogen-bond donors (Lipinski definition) is 3. The lowest BCUT2D eigenvalue weighted by atomic mass is 9.80. The van der Waals surface area contributed by atoms with E-state index < -0.39 is 0 Å². The highest BCUT2D eigenvalue weighted by atomic mass is 35.5. The highest BCUT2D eigenvalue weighted by Gasteiger charge is 2.37. The monoisotopic (exact) mass is 234 g/mol. The van der Waals surface area contributed by atoms with Crippen LogP contribution in [0.4, 0.5) is 0 Å². The summed E-state index contributed by atoms with van der Waals surface area (Å²) in [6.45, 7) is 8.73. The second-order valence-electron chi connectivity index (χ2n) is 5.51. The van der Waals surface area contributed by atoms with E-state index in [-0.39, 0.29) is 35.5 Å². The largest absolute Gasteiger partial charge is 0.370 e. The summed E-state index contributed by atoms with van der Waals surface area (Å²) in [7, 11) is 0. The molecule has 0 radical (unpaired) electrons. The van der Waals surface area contributed by atoms with Crippen molar-refractivity contribution in [3.63, 3.8) is 0 Å². The van der Waals surface area contributed by atoms with Crippen LogP contribution in [0.3, 0.4) is 0 Å². The normalized spacial score (nSPS) is 24.0. The van der Waals surface area contributed by atoms with Crippen molar-refractivity contribution in [2.75, 3.05) is 0 Å². The Kier molecular flexibility index (Phi) is 4.43. The molecule has 1 fully saturated rings. The molecule has 5 N–H and O–H groups in total. The summed E-state index contributed by atoms with van der Waals surface area (Å²) in [5.74, 6) is 0.198. The Morgan fingerprint density at radius 2 is 1.53 bits per heavy atom. The number of piperidine rings is 1. The Hall–Kier alpha value is -0.480. The Bertz CT molecular complexity index is 228. The number of halogens is 1. The van der Waals surface area contributed by atoms with Crippen molar-refractivity contribution in [2.45, 2.75) is 57.7 Å². The number of aliphatic imine (C=N–C) groups is 1. The smallest absolute Gasteiger partial charge is 0.186 e. The van der Waals surface area contributed by atoms with Crippen molar-refractivity contribution in [2.24, 2.45) is 16.5 Å². The van der Waals surface area contributed by atoms with Gasteiger partial charge in [0.25, 0.3) is 0 Å². The van der Waals surface area contributed by atoms with Crippen molar-refractivity contribution >= 4 is 18.4 Å². The Balaban J connectivity index is 0.00000196. The van der Waals surface area contributed by atoms with E-state index in [9.17, 15) is 0 Å². The fourth-order valence-electron chi connectivity index (χ4n) is 2.57. The second-order valence-corrected chi connectivity index (χ2v) is 5.51. The van der Waals surface area contributed by atoms with Gasteiger partial charge in [-0.3, -0.25) is 4.99 Å². The zero-order valence-electron chi connectivity index (χ0n) is 10.0. The predicted molar refractivity (Wildman–Crippen MR) is 67.4 cm³/mol. The number of nitrogens with one attached hydrogen (secondary N) is 1. The van der Waals surface area contributed by atoms with Gasteiger partial charge in [0.1, 0.15) is 0 Å². The summed E-state index contributed by atoms with van der Waals surface area (Å²) in [5, 5.41) is 3.58. The maximum absolute atomic E-state index is 5.41. The first kappa shape index (κ1) is 14.5. The average Bonchev–Trinajstić information content (AvgIpc) is 1.74. The molecule has 4 nitrogen and oxygen atoms in total. The molecule has 1 saturated heterocycles. The quantitative estimate of drug-likeness (QED) is 0.468. The Morgan fingerprint density at radius 3 is 1.87 bits per heavy atom. The van der Waals surface area contributed by atoms with E-state index in [1.165, 1.54) is 0 Å². The third-order valence-corrected chi connectivity index (χ3v) is 2.50. The summed E-state index contributed by atoms with van der Waals surface area (Å²) in [4.78, 5) is 4.26. The highest BCUT2D eigenvalue weighted by molar-refractivity contribution is 5.85. The van der Waals surface area contributed by atoms with Gasteiger partial charge in [0, 0.05) is 11.1 Å². The van der Waals surface area contributed by atoms with Crippen molar-refractivity contribution in [1.29, 1.82) is 0 Å². The van der Waals surface area contributed by atoms with Crippen LogP contribution in [0.15, 0.2) is 4.99 Å². The lowest BCUT2D eigenvalue weighted by Crippen LogP contribution is -2.59. The van der Waals surface area contributed by atoms with Crippen LogP contribution in [0, 0.1) is 0 Å². The molecule has 0 aromatic heterocycles. The minimum atomic E-state index is 0. The van der Waals surface area contributed by atoms with Crippen LogP contribution in [-0.2, 0) is 0 Å². The summed E-state index contributed by atoms with van der Waals surface area (Å²) < 4.78 is 0. The predicted octanol–water partition coefficient (Wildman–Crippen LogP) is 0.991. The zero-order valence-corrected chi connectivity index (χ0v) is 10.8. The number of hydrogen-bond acceptors (Lipinski definition) is 2. The first-order valence-corrected chi connectivity index (χ1v) is 5.08. The Labute approximate surface area is 98.3 Å². The molecule has 1 heterocycles. The number of nitrogens with zero attached hydrogens (tertiary/aromatic N) is 1. The van der Waals surface area contributed by atoms with Crippen molar-refractivity contribution < 1.29 is 0 Å². The standard InChI is InChI=1S/C10H22N4.ClH/c1-9(2)5-7(13-8(11)12)6-10(3,4)14-9;/h7,14H,5-6H2,1-4H3,(H4,11,12,13);1H. The molecular formula is C10H23ClN4. The minimum absolute atomic E-state index is 0. The first-order chi connectivity index (χ1) is 6.20. The molecule has 0 aromatic rings. The van der Waals surface area contributed by atoms with Gasteiger partial charge in [-0.05, 0) is 40.5 Å². The molecule has 5 heteroatoms. The molecule has 0 bridgehead atoms. The zero-order chi connectivity index (χ0) is 11.0.